The lowest BCUT2D eigenvalue weighted by Gasteiger charge is -2.23. The minimum atomic E-state index is -0.918. The van der Waals surface area contributed by atoms with Crippen molar-refractivity contribution >= 4 is 39.3 Å². The molecule has 1 aromatic rings. The number of nitrogens with one attached hydrogen (secondary N) is 1. The molecule has 0 fully saturated rings. The summed E-state index contributed by atoms with van der Waals surface area (Å²) in [6.07, 6.45) is 2.06. The number of thioether (sulfide) groups is 1. The summed E-state index contributed by atoms with van der Waals surface area (Å²) < 4.78 is 0.882. The zero-order chi connectivity index (χ0) is 13.1. The lowest BCUT2D eigenvalue weighted by atomic mass is 10.1. The Hall–Kier alpha value is -0.680. The average molecular weight is 318 g/mol. The molecule has 0 radical (unpaired) electrons. The van der Waals surface area contributed by atoms with Gasteiger partial charge in [0.05, 0.1) is 5.56 Å². The van der Waals surface area contributed by atoms with E-state index in [9.17, 15) is 4.79 Å². The molecule has 1 aromatic carbocycles. The molecule has 1 rings (SSSR count). The Morgan fingerprint density at radius 2 is 2.12 bits per heavy atom. The summed E-state index contributed by atoms with van der Waals surface area (Å²) in [7, 11) is 0. The van der Waals surface area contributed by atoms with Crippen molar-refractivity contribution in [2.75, 3.05) is 18.1 Å². The van der Waals surface area contributed by atoms with Gasteiger partial charge in [-0.3, -0.25) is 0 Å². The second-order valence-electron chi connectivity index (χ2n) is 4.35. The van der Waals surface area contributed by atoms with Gasteiger partial charge in [0.25, 0.3) is 0 Å². The van der Waals surface area contributed by atoms with E-state index in [4.69, 9.17) is 5.11 Å². The molecular formula is C12H16BrNO2S. The number of carboxylic acid groups (broad SMARTS) is 1. The first kappa shape index (κ1) is 14.4. The van der Waals surface area contributed by atoms with E-state index in [2.05, 4.69) is 41.3 Å². The van der Waals surface area contributed by atoms with Crippen molar-refractivity contribution in [1.29, 1.82) is 0 Å². The maximum Gasteiger partial charge on any atom is 0.335 e. The molecule has 0 amide bonds. The van der Waals surface area contributed by atoms with Crippen LogP contribution in [0.25, 0.3) is 0 Å². The lowest BCUT2D eigenvalue weighted by molar-refractivity contribution is 0.0697. The standard InChI is InChI=1S/C12H16BrNO2S/c1-12(2,17-3)7-14-10-5-8(11(15)16)4-9(13)6-10/h4-6,14H,7H2,1-3H3,(H,15,16). The van der Waals surface area contributed by atoms with Gasteiger partial charge in [-0.1, -0.05) is 15.9 Å². The number of carbonyl (C=O) groups is 1. The summed E-state index contributed by atoms with van der Waals surface area (Å²) in [5, 5.41) is 12.2. The van der Waals surface area contributed by atoms with Crippen molar-refractivity contribution in [1.82, 2.24) is 0 Å². The van der Waals surface area contributed by atoms with Gasteiger partial charge in [0.2, 0.25) is 0 Å². The van der Waals surface area contributed by atoms with Crippen LogP contribution in [0.5, 0.6) is 0 Å². The Labute approximate surface area is 114 Å². The van der Waals surface area contributed by atoms with Crippen LogP contribution < -0.4 is 5.32 Å². The summed E-state index contributed by atoms with van der Waals surface area (Å²) in [6.45, 7) is 5.06. The highest BCUT2D eigenvalue weighted by Crippen LogP contribution is 2.24. The molecule has 0 aromatic heterocycles. The molecule has 3 nitrogen and oxygen atoms in total. The van der Waals surface area contributed by atoms with E-state index in [1.807, 2.05) is 6.07 Å². The van der Waals surface area contributed by atoms with Gasteiger partial charge in [-0.25, -0.2) is 4.79 Å². The third-order valence-corrected chi connectivity index (χ3v) is 4.12. The predicted molar refractivity (Wildman–Crippen MR) is 77.2 cm³/mol. The van der Waals surface area contributed by atoms with Crippen LogP contribution in [0.3, 0.4) is 0 Å². The fraction of sp³-hybridized carbons (Fsp3) is 0.417. The van der Waals surface area contributed by atoms with Crippen molar-refractivity contribution < 1.29 is 9.90 Å². The van der Waals surface area contributed by atoms with Gasteiger partial charge in [0.15, 0.2) is 0 Å². The second kappa shape index (κ2) is 5.78. The number of rotatable bonds is 5. The van der Waals surface area contributed by atoms with Gasteiger partial charge in [-0.05, 0) is 38.3 Å². The zero-order valence-electron chi connectivity index (χ0n) is 10.1. The molecule has 0 aliphatic rings. The summed E-state index contributed by atoms with van der Waals surface area (Å²) in [6, 6.07) is 5.11. The van der Waals surface area contributed by atoms with E-state index in [1.54, 1.807) is 23.9 Å². The number of carboxylic acids is 1. The molecule has 17 heavy (non-hydrogen) atoms. The van der Waals surface area contributed by atoms with Gasteiger partial charge in [0, 0.05) is 21.5 Å². The molecule has 0 unspecified atom stereocenters. The van der Waals surface area contributed by atoms with Crippen LogP contribution in [0.4, 0.5) is 5.69 Å². The van der Waals surface area contributed by atoms with E-state index in [1.165, 1.54) is 0 Å². The minimum Gasteiger partial charge on any atom is -0.478 e. The van der Waals surface area contributed by atoms with E-state index in [-0.39, 0.29) is 10.3 Å². The highest BCUT2D eigenvalue weighted by molar-refractivity contribution is 9.10. The smallest absolute Gasteiger partial charge is 0.335 e. The molecular weight excluding hydrogens is 302 g/mol. The summed E-state index contributed by atoms with van der Waals surface area (Å²) in [4.78, 5) is 10.9. The first-order chi connectivity index (χ1) is 7.84. The topological polar surface area (TPSA) is 49.3 Å². The Kier molecular flexibility index (Phi) is 4.89. The number of anilines is 1. The van der Waals surface area contributed by atoms with Crippen LogP contribution in [-0.2, 0) is 0 Å². The molecule has 0 heterocycles. The van der Waals surface area contributed by atoms with E-state index in [0.717, 1.165) is 16.7 Å². The summed E-state index contributed by atoms with van der Waals surface area (Å²) >= 11 is 5.08. The van der Waals surface area contributed by atoms with Gasteiger partial charge in [-0.15, -0.1) is 0 Å². The van der Waals surface area contributed by atoms with Crippen LogP contribution in [0.1, 0.15) is 24.2 Å². The monoisotopic (exact) mass is 317 g/mol. The summed E-state index contributed by atoms with van der Waals surface area (Å²) in [5.74, 6) is -0.918. The van der Waals surface area contributed by atoms with Gasteiger partial charge in [0.1, 0.15) is 0 Å². The van der Waals surface area contributed by atoms with Crippen LogP contribution in [-0.4, -0.2) is 28.6 Å². The molecule has 0 saturated carbocycles. The van der Waals surface area contributed by atoms with Crippen molar-refractivity contribution in [3.05, 3.63) is 28.2 Å². The normalized spacial score (nSPS) is 11.3. The number of hydrogen-bond donors (Lipinski definition) is 2. The predicted octanol–water partition coefficient (Wildman–Crippen LogP) is 3.70. The maximum absolute atomic E-state index is 10.9. The molecule has 0 spiro atoms. The van der Waals surface area contributed by atoms with Crippen LogP contribution >= 0.6 is 27.7 Å². The van der Waals surface area contributed by atoms with Gasteiger partial charge < -0.3 is 10.4 Å². The zero-order valence-corrected chi connectivity index (χ0v) is 12.5. The first-order valence-electron chi connectivity index (χ1n) is 5.17. The molecule has 94 valence electrons. The first-order valence-corrected chi connectivity index (χ1v) is 7.19. The fourth-order valence-corrected chi connectivity index (χ4v) is 1.91. The quantitative estimate of drug-likeness (QED) is 0.869. The Balaban J connectivity index is 2.81. The Bertz CT molecular complexity index is 421. The van der Waals surface area contributed by atoms with Crippen molar-refractivity contribution in [3.63, 3.8) is 0 Å². The Morgan fingerprint density at radius 3 is 2.65 bits per heavy atom. The molecule has 5 heteroatoms. The van der Waals surface area contributed by atoms with Crippen molar-refractivity contribution in [2.45, 2.75) is 18.6 Å². The lowest BCUT2D eigenvalue weighted by Crippen LogP contribution is -2.25. The van der Waals surface area contributed by atoms with E-state index in [0.29, 0.717) is 0 Å². The highest BCUT2D eigenvalue weighted by atomic mass is 79.9. The Morgan fingerprint density at radius 1 is 1.47 bits per heavy atom. The third-order valence-electron chi connectivity index (χ3n) is 2.42. The van der Waals surface area contributed by atoms with Gasteiger partial charge >= 0.3 is 5.97 Å². The molecule has 0 aliphatic heterocycles. The van der Waals surface area contributed by atoms with Crippen LogP contribution in [0, 0.1) is 0 Å². The number of hydrogen-bond acceptors (Lipinski definition) is 3. The molecule has 2 N–H and O–H groups in total. The number of halogens is 1. The number of benzene rings is 1. The summed E-state index contributed by atoms with van der Waals surface area (Å²) in [5.41, 5.74) is 1.10. The molecule has 0 bridgehead atoms. The van der Waals surface area contributed by atoms with Crippen molar-refractivity contribution in [2.24, 2.45) is 0 Å². The third kappa shape index (κ3) is 4.60. The van der Waals surface area contributed by atoms with E-state index >= 15 is 0 Å². The SMILES string of the molecule is CSC(C)(C)CNc1cc(Br)cc(C(=O)O)c1. The largest absolute Gasteiger partial charge is 0.478 e. The molecule has 0 saturated heterocycles. The fourth-order valence-electron chi connectivity index (χ4n) is 1.20. The van der Waals surface area contributed by atoms with E-state index < -0.39 is 5.97 Å². The van der Waals surface area contributed by atoms with Crippen molar-refractivity contribution in [3.8, 4) is 0 Å². The maximum atomic E-state index is 10.9. The van der Waals surface area contributed by atoms with Crippen LogP contribution in [0.15, 0.2) is 22.7 Å². The highest BCUT2D eigenvalue weighted by Gasteiger charge is 2.15. The molecule has 0 aliphatic carbocycles. The second-order valence-corrected chi connectivity index (χ2v) is 6.78. The van der Waals surface area contributed by atoms with Crippen LogP contribution in [0.2, 0.25) is 0 Å². The minimum absolute atomic E-state index is 0.117. The van der Waals surface area contributed by atoms with Gasteiger partial charge in [-0.2, -0.15) is 11.8 Å². The molecule has 0 atom stereocenters. The average Bonchev–Trinajstić information content (AvgIpc) is 2.26. The number of aromatic carboxylic acids is 1.